The van der Waals surface area contributed by atoms with Crippen LogP contribution in [0.2, 0.25) is 0 Å². The van der Waals surface area contributed by atoms with Crippen molar-refractivity contribution in [1.82, 2.24) is 0 Å². The van der Waals surface area contributed by atoms with Crippen molar-refractivity contribution >= 4 is 12.6 Å². The molecule has 1 N–H and O–H groups in total. The van der Waals surface area contributed by atoms with E-state index in [9.17, 15) is 0 Å². The van der Waals surface area contributed by atoms with Gasteiger partial charge in [-0.25, -0.2) is 0 Å². The molecule has 1 aromatic carbocycles. The third kappa shape index (κ3) is 1.39. The lowest BCUT2D eigenvalue weighted by atomic mass is 10.2. The highest BCUT2D eigenvalue weighted by Crippen LogP contribution is 2.18. The number of aryl methyl sites for hydroxylation is 1. The first-order valence-corrected chi connectivity index (χ1v) is 3.13. The maximum Gasteiger partial charge on any atom is 0.116 e. The summed E-state index contributed by atoms with van der Waals surface area (Å²) in [6.07, 6.45) is 0. The van der Waals surface area contributed by atoms with Gasteiger partial charge in [0.15, 0.2) is 0 Å². The lowest BCUT2D eigenvalue weighted by Gasteiger charge is -1.96. The highest BCUT2D eigenvalue weighted by Gasteiger charge is 1.91. The fraction of sp³-hybridized carbons (Fsp3) is 0.143. The molecule has 0 aliphatic heterocycles. The normalized spacial score (nSPS) is 9.56. The van der Waals surface area contributed by atoms with Crippen molar-refractivity contribution in [1.29, 1.82) is 0 Å². The van der Waals surface area contributed by atoms with E-state index in [0.29, 0.717) is 0 Å². The van der Waals surface area contributed by atoms with Gasteiger partial charge in [-0.15, -0.1) is 12.6 Å². The van der Waals surface area contributed by atoms with Crippen LogP contribution < -0.4 is 0 Å². The molecule has 2 heteroatoms. The molecule has 48 valence electrons. The Labute approximate surface area is 59.7 Å². The topological polar surface area (TPSA) is 20.2 Å². The van der Waals surface area contributed by atoms with Gasteiger partial charge in [0.05, 0.1) is 0 Å². The number of phenolic OH excluding ortho intramolecular Hbond substituents is 1. The molecule has 0 radical (unpaired) electrons. The number of benzene rings is 1. The maximum absolute atomic E-state index is 8.89. The van der Waals surface area contributed by atoms with Crippen LogP contribution in [0.3, 0.4) is 0 Å². The van der Waals surface area contributed by atoms with E-state index in [0.717, 1.165) is 10.5 Å². The summed E-state index contributed by atoms with van der Waals surface area (Å²) in [6.45, 7) is 1.95. The van der Waals surface area contributed by atoms with E-state index < -0.39 is 0 Å². The minimum Gasteiger partial charge on any atom is -0.508 e. The molecule has 0 unspecified atom stereocenters. The summed E-state index contributed by atoms with van der Waals surface area (Å²) in [7, 11) is 0. The first-order valence-electron chi connectivity index (χ1n) is 2.69. The predicted molar refractivity (Wildman–Crippen MR) is 40.1 cm³/mol. The molecule has 0 fully saturated rings. The van der Waals surface area contributed by atoms with E-state index in [-0.39, 0.29) is 5.75 Å². The lowest BCUT2D eigenvalue weighted by molar-refractivity contribution is 0.473. The van der Waals surface area contributed by atoms with E-state index in [1.54, 1.807) is 12.1 Å². The molecule has 0 saturated heterocycles. The van der Waals surface area contributed by atoms with Crippen LogP contribution in [0.25, 0.3) is 0 Å². The maximum atomic E-state index is 8.89. The molecule has 0 saturated carbocycles. The van der Waals surface area contributed by atoms with Gasteiger partial charge in [-0.1, -0.05) is 6.07 Å². The molecule has 0 aliphatic carbocycles. The molecule has 0 aromatic heterocycles. The Balaban J connectivity index is 3.17. The first-order chi connectivity index (χ1) is 4.20. The van der Waals surface area contributed by atoms with E-state index in [1.165, 1.54) is 0 Å². The third-order valence-corrected chi connectivity index (χ3v) is 1.67. The zero-order chi connectivity index (χ0) is 6.85. The minimum absolute atomic E-state index is 0.269. The Morgan fingerprint density at radius 1 is 1.44 bits per heavy atom. The van der Waals surface area contributed by atoms with Crippen LogP contribution in [-0.4, -0.2) is 5.11 Å². The molecule has 0 aliphatic rings. The van der Waals surface area contributed by atoms with Gasteiger partial charge < -0.3 is 5.11 Å². The second kappa shape index (κ2) is 2.31. The number of hydrogen-bond donors (Lipinski definition) is 2. The van der Waals surface area contributed by atoms with Crippen LogP contribution in [0.1, 0.15) is 5.56 Å². The average Bonchev–Trinajstić information content (AvgIpc) is 1.80. The average molecular weight is 140 g/mol. The first kappa shape index (κ1) is 6.49. The van der Waals surface area contributed by atoms with Crippen molar-refractivity contribution in [3.63, 3.8) is 0 Å². The summed E-state index contributed by atoms with van der Waals surface area (Å²) in [5, 5.41) is 8.89. The van der Waals surface area contributed by atoms with Crippen LogP contribution in [0.5, 0.6) is 5.75 Å². The van der Waals surface area contributed by atoms with Crippen molar-refractivity contribution in [3.8, 4) is 5.75 Å². The Bertz CT molecular complexity index is 220. The SMILES string of the molecule is Cc1ccc(O)cc1S. The van der Waals surface area contributed by atoms with Gasteiger partial charge in [0.25, 0.3) is 0 Å². The van der Waals surface area contributed by atoms with Crippen molar-refractivity contribution in [2.45, 2.75) is 11.8 Å². The molecule has 1 aromatic rings. The second-order valence-electron chi connectivity index (χ2n) is 1.97. The Morgan fingerprint density at radius 2 is 2.11 bits per heavy atom. The highest BCUT2D eigenvalue weighted by atomic mass is 32.1. The number of thiol groups is 1. The zero-order valence-electron chi connectivity index (χ0n) is 5.13. The van der Waals surface area contributed by atoms with Crippen LogP contribution >= 0.6 is 12.6 Å². The van der Waals surface area contributed by atoms with E-state index in [2.05, 4.69) is 12.6 Å². The zero-order valence-corrected chi connectivity index (χ0v) is 6.02. The van der Waals surface area contributed by atoms with Crippen molar-refractivity contribution in [2.24, 2.45) is 0 Å². The van der Waals surface area contributed by atoms with Gasteiger partial charge >= 0.3 is 0 Å². The lowest BCUT2D eigenvalue weighted by Crippen LogP contribution is -1.72. The van der Waals surface area contributed by atoms with E-state index in [1.807, 2.05) is 13.0 Å². The van der Waals surface area contributed by atoms with Gasteiger partial charge in [-0.05, 0) is 24.6 Å². The van der Waals surface area contributed by atoms with E-state index >= 15 is 0 Å². The van der Waals surface area contributed by atoms with Crippen molar-refractivity contribution < 1.29 is 5.11 Å². The quantitative estimate of drug-likeness (QED) is 0.528. The summed E-state index contributed by atoms with van der Waals surface area (Å²) >= 11 is 4.11. The van der Waals surface area contributed by atoms with Crippen LogP contribution in [0.4, 0.5) is 0 Å². The summed E-state index contributed by atoms with van der Waals surface area (Å²) in [5.74, 6) is 0.269. The molecule has 0 atom stereocenters. The fourth-order valence-corrected chi connectivity index (χ4v) is 0.805. The molecule has 0 amide bonds. The minimum atomic E-state index is 0.269. The summed E-state index contributed by atoms with van der Waals surface area (Å²) in [4.78, 5) is 0.829. The Kier molecular flexibility index (Phi) is 1.67. The smallest absolute Gasteiger partial charge is 0.116 e. The largest absolute Gasteiger partial charge is 0.508 e. The van der Waals surface area contributed by atoms with Crippen molar-refractivity contribution in [3.05, 3.63) is 23.8 Å². The molecule has 0 spiro atoms. The second-order valence-corrected chi connectivity index (χ2v) is 2.45. The standard InChI is InChI=1S/C7H8OS/c1-5-2-3-6(8)4-7(5)9/h2-4,8-9H,1H3. The fourth-order valence-electron chi connectivity index (χ4n) is 0.598. The van der Waals surface area contributed by atoms with Crippen LogP contribution in [0, 0.1) is 6.92 Å². The van der Waals surface area contributed by atoms with Gasteiger partial charge in [0.2, 0.25) is 0 Å². The molecular weight excluding hydrogens is 132 g/mol. The number of aromatic hydroxyl groups is 1. The van der Waals surface area contributed by atoms with Gasteiger partial charge in [-0.2, -0.15) is 0 Å². The van der Waals surface area contributed by atoms with Crippen LogP contribution in [0.15, 0.2) is 23.1 Å². The summed E-state index contributed by atoms with van der Waals surface area (Å²) < 4.78 is 0. The van der Waals surface area contributed by atoms with Crippen LogP contribution in [-0.2, 0) is 0 Å². The molecule has 9 heavy (non-hydrogen) atoms. The summed E-state index contributed by atoms with van der Waals surface area (Å²) in [5.41, 5.74) is 1.08. The number of phenols is 1. The summed E-state index contributed by atoms with van der Waals surface area (Å²) in [6, 6.07) is 5.10. The monoisotopic (exact) mass is 140 g/mol. The highest BCUT2D eigenvalue weighted by molar-refractivity contribution is 7.80. The molecule has 0 heterocycles. The van der Waals surface area contributed by atoms with E-state index in [4.69, 9.17) is 5.11 Å². The Hall–Kier alpha value is -0.630. The van der Waals surface area contributed by atoms with Gasteiger partial charge in [0.1, 0.15) is 5.75 Å². The van der Waals surface area contributed by atoms with Crippen molar-refractivity contribution in [2.75, 3.05) is 0 Å². The number of rotatable bonds is 0. The molecular formula is C7H8OS. The predicted octanol–water partition coefficient (Wildman–Crippen LogP) is 1.99. The van der Waals surface area contributed by atoms with Gasteiger partial charge in [0, 0.05) is 4.90 Å². The third-order valence-electron chi connectivity index (χ3n) is 1.19. The van der Waals surface area contributed by atoms with Gasteiger partial charge in [-0.3, -0.25) is 0 Å². The molecule has 1 rings (SSSR count). The number of hydrogen-bond acceptors (Lipinski definition) is 2. The molecule has 1 nitrogen and oxygen atoms in total. The molecule has 0 bridgehead atoms. The Morgan fingerprint density at radius 3 is 2.56 bits per heavy atom.